The normalized spacial score (nSPS) is 12.2. The number of anilines is 1. The maximum Gasteiger partial charge on any atom is 0.239 e. The second-order valence-corrected chi connectivity index (χ2v) is 8.81. The van der Waals surface area contributed by atoms with E-state index in [9.17, 15) is 4.79 Å². The predicted octanol–water partition coefficient (Wildman–Crippen LogP) is 5.28. The number of aromatic nitrogens is 4. The number of amides is 1. The van der Waals surface area contributed by atoms with E-state index in [2.05, 4.69) is 20.5 Å². The van der Waals surface area contributed by atoms with Gasteiger partial charge in [-0.2, -0.15) is 0 Å². The Morgan fingerprint density at radius 1 is 1.21 bits per heavy atom. The SMILES string of the molecule is CC(Sc1nnc2ccccn12)C(=O)Nc1nc(-c2ccc(Cl)c(Cl)c2)cs1. The summed E-state index contributed by atoms with van der Waals surface area (Å²) in [6, 6.07) is 11.0. The number of hydrogen-bond donors (Lipinski definition) is 1. The molecular formula is C18H13Cl2N5OS2. The van der Waals surface area contributed by atoms with Gasteiger partial charge in [-0.3, -0.25) is 9.20 Å². The van der Waals surface area contributed by atoms with E-state index in [4.69, 9.17) is 23.2 Å². The number of carbonyl (C=O) groups excluding carboxylic acids is 1. The van der Waals surface area contributed by atoms with Gasteiger partial charge in [-0.05, 0) is 31.2 Å². The Morgan fingerprint density at radius 2 is 2.07 bits per heavy atom. The number of fused-ring (bicyclic) bond motifs is 1. The molecule has 1 aromatic carbocycles. The fourth-order valence-corrected chi connectivity index (χ4v) is 4.30. The summed E-state index contributed by atoms with van der Waals surface area (Å²) in [6.45, 7) is 1.82. The zero-order valence-corrected chi connectivity index (χ0v) is 17.6. The minimum atomic E-state index is -0.370. The molecule has 3 heterocycles. The Kier molecular flexibility index (Phi) is 5.54. The largest absolute Gasteiger partial charge is 0.301 e. The molecule has 1 amide bonds. The molecule has 0 radical (unpaired) electrons. The van der Waals surface area contributed by atoms with Gasteiger partial charge in [-0.15, -0.1) is 21.5 Å². The van der Waals surface area contributed by atoms with Crippen LogP contribution < -0.4 is 5.32 Å². The molecule has 10 heteroatoms. The highest BCUT2D eigenvalue weighted by molar-refractivity contribution is 8.00. The summed E-state index contributed by atoms with van der Waals surface area (Å²) in [5, 5.41) is 14.7. The summed E-state index contributed by atoms with van der Waals surface area (Å²) in [5.74, 6) is -0.160. The first-order valence-electron chi connectivity index (χ1n) is 8.19. The lowest BCUT2D eigenvalue weighted by atomic mass is 10.2. The van der Waals surface area contributed by atoms with Gasteiger partial charge in [-0.25, -0.2) is 4.98 Å². The van der Waals surface area contributed by atoms with Crippen LogP contribution in [0.15, 0.2) is 53.1 Å². The molecule has 0 aliphatic heterocycles. The third kappa shape index (κ3) is 4.00. The second-order valence-electron chi connectivity index (χ2n) is 5.83. The van der Waals surface area contributed by atoms with E-state index in [0.29, 0.717) is 20.3 Å². The Hall–Kier alpha value is -2.13. The van der Waals surface area contributed by atoms with Gasteiger partial charge in [-0.1, -0.05) is 47.1 Å². The third-order valence-corrected chi connectivity index (χ3v) is 6.44. The first-order chi connectivity index (χ1) is 13.5. The number of benzene rings is 1. The summed E-state index contributed by atoms with van der Waals surface area (Å²) < 4.78 is 1.85. The molecule has 0 aliphatic rings. The van der Waals surface area contributed by atoms with E-state index in [0.717, 1.165) is 16.9 Å². The molecule has 0 aliphatic carbocycles. The maximum atomic E-state index is 12.6. The van der Waals surface area contributed by atoms with Gasteiger partial charge >= 0.3 is 0 Å². The quantitative estimate of drug-likeness (QED) is 0.419. The average molecular weight is 450 g/mol. The summed E-state index contributed by atoms with van der Waals surface area (Å²) in [5.41, 5.74) is 2.30. The number of thiazole rings is 1. The van der Waals surface area contributed by atoms with Crippen LogP contribution in [-0.4, -0.2) is 30.7 Å². The van der Waals surface area contributed by atoms with Crippen molar-refractivity contribution in [2.24, 2.45) is 0 Å². The Morgan fingerprint density at radius 3 is 2.89 bits per heavy atom. The molecule has 1 atom stereocenters. The molecule has 3 aromatic heterocycles. The van der Waals surface area contributed by atoms with Crippen molar-refractivity contribution in [2.45, 2.75) is 17.3 Å². The number of nitrogens with zero attached hydrogens (tertiary/aromatic N) is 4. The highest BCUT2D eigenvalue weighted by Gasteiger charge is 2.19. The lowest BCUT2D eigenvalue weighted by Crippen LogP contribution is -2.22. The first-order valence-corrected chi connectivity index (χ1v) is 10.7. The van der Waals surface area contributed by atoms with Crippen LogP contribution in [0.2, 0.25) is 10.0 Å². The van der Waals surface area contributed by atoms with E-state index in [1.807, 2.05) is 47.2 Å². The Balaban J connectivity index is 1.44. The van der Waals surface area contributed by atoms with Gasteiger partial charge in [0.05, 0.1) is 21.0 Å². The highest BCUT2D eigenvalue weighted by Crippen LogP contribution is 2.31. The van der Waals surface area contributed by atoms with E-state index >= 15 is 0 Å². The molecule has 0 saturated carbocycles. The molecule has 28 heavy (non-hydrogen) atoms. The lowest BCUT2D eigenvalue weighted by molar-refractivity contribution is -0.115. The molecule has 6 nitrogen and oxygen atoms in total. The molecule has 0 saturated heterocycles. The average Bonchev–Trinajstić information content (AvgIpc) is 3.31. The van der Waals surface area contributed by atoms with Crippen molar-refractivity contribution < 1.29 is 4.79 Å². The number of nitrogens with one attached hydrogen (secondary N) is 1. The van der Waals surface area contributed by atoms with E-state index < -0.39 is 0 Å². The maximum absolute atomic E-state index is 12.6. The predicted molar refractivity (Wildman–Crippen MR) is 115 cm³/mol. The van der Waals surface area contributed by atoms with Crippen LogP contribution >= 0.6 is 46.3 Å². The standard InChI is InChI=1S/C18H13Cl2N5OS2/c1-10(28-18-24-23-15-4-2-3-7-25(15)18)16(26)22-17-21-14(9-27-17)11-5-6-12(19)13(20)8-11/h2-10H,1H3,(H,21,22,26). The molecule has 0 fully saturated rings. The second kappa shape index (κ2) is 8.08. The number of pyridine rings is 1. The zero-order chi connectivity index (χ0) is 19.7. The van der Waals surface area contributed by atoms with Crippen molar-refractivity contribution in [2.75, 3.05) is 5.32 Å². The number of thioether (sulfide) groups is 1. The topological polar surface area (TPSA) is 72.2 Å². The fourth-order valence-electron chi connectivity index (χ4n) is 2.44. The monoisotopic (exact) mass is 449 g/mol. The number of halogens is 2. The van der Waals surface area contributed by atoms with Crippen LogP contribution in [0, 0.1) is 0 Å². The molecule has 1 unspecified atom stereocenters. The summed E-state index contributed by atoms with van der Waals surface area (Å²) in [4.78, 5) is 17.0. The molecular weight excluding hydrogens is 437 g/mol. The van der Waals surface area contributed by atoms with E-state index in [-0.39, 0.29) is 11.2 Å². The van der Waals surface area contributed by atoms with Crippen molar-refractivity contribution in [3.63, 3.8) is 0 Å². The highest BCUT2D eigenvalue weighted by atomic mass is 35.5. The molecule has 4 aromatic rings. The molecule has 4 rings (SSSR count). The molecule has 0 spiro atoms. The lowest BCUT2D eigenvalue weighted by Gasteiger charge is -2.09. The smallest absolute Gasteiger partial charge is 0.239 e. The number of hydrogen-bond acceptors (Lipinski definition) is 6. The number of rotatable bonds is 5. The van der Waals surface area contributed by atoms with Crippen LogP contribution in [0.3, 0.4) is 0 Å². The van der Waals surface area contributed by atoms with Crippen LogP contribution in [0.4, 0.5) is 5.13 Å². The Labute approximate surface area is 178 Å². The third-order valence-electron chi connectivity index (χ3n) is 3.88. The summed E-state index contributed by atoms with van der Waals surface area (Å²) in [6.07, 6.45) is 1.87. The van der Waals surface area contributed by atoms with Crippen molar-refractivity contribution in [1.29, 1.82) is 0 Å². The summed E-state index contributed by atoms with van der Waals surface area (Å²) >= 11 is 14.7. The molecule has 0 bridgehead atoms. The van der Waals surface area contributed by atoms with Crippen molar-refractivity contribution >= 4 is 63.0 Å². The van der Waals surface area contributed by atoms with Gasteiger partial charge < -0.3 is 5.32 Å². The van der Waals surface area contributed by atoms with Crippen LogP contribution in [0.5, 0.6) is 0 Å². The van der Waals surface area contributed by atoms with E-state index in [1.54, 1.807) is 12.1 Å². The number of carbonyl (C=O) groups is 1. The van der Waals surface area contributed by atoms with Crippen molar-refractivity contribution in [3.8, 4) is 11.3 Å². The molecule has 142 valence electrons. The van der Waals surface area contributed by atoms with Crippen LogP contribution in [-0.2, 0) is 4.79 Å². The van der Waals surface area contributed by atoms with Gasteiger partial charge in [0.1, 0.15) is 0 Å². The molecule has 1 N–H and O–H groups in total. The van der Waals surface area contributed by atoms with Gasteiger partial charge in [0.25, 0.3) is 0 Å². The minimum Gasteiger partial charge on any atom is -0.301 e. The first kappa shape index (κ1) is 19.2. The summed E-state index contributed by atoms with van der Waals surface area (Å²) in [7, 11) is 0. The van der Waals surface area contributed by atoms with Crippen LogP contribution in [0.25, 0.3) is 16.9 Å². The van der Waals surface area contributed by atoms with Crippen molar-refractivity contribution in [3.05, 3.63) is 58.0 Å². The minimum absolute atomic E-state index is 0.160. The van der Waals surface area contributed by atoms with E-state index in [1.165, 1.54) is 23.1 Å². The Bertz CT molecular complexity index is 1160. The zero-order valence-electron chi connectivity index (χ0n) is 14.5. The van der Waals surface area contributed by atoms with Gasteiger partial charge in [0.2, 0.25) is 5.91 Å². The van der Waals surface area contributed by atoms with Crippen molar-refractivity contribution in [1.82, 2.24) is 19.6 Å². The van der Waals surface area contributed by atoms with Gasteiger partial charge in [0, 0.05) is 17.1 Å². The van der Waals surface area contributed by atoms with Crippen LogP contribution in [0.1, 0.15) is 6.92 Å². The van der Waals surface area contributed by atoms with Gasteiger partial charge in [0.15, 0.2) is 15.9 Å². The fraction of sp³-hybridized carbons (Fsp3) is 0.111.